The van der Waals surface area contributed by atoms with Gasteiger partial charge in [0.15, 0.2) is 28.6 Å². The van der Waals surface area contributed by atoms with E-state index in [4.69, 9.17) is 18.6 Å². The Hall–Kier alpha value is -3.19. The van der Waals surface area contributed by atoms with Gasteiger partial charge in [0.2, 0.25) is 6.79 Å². The van der Waals surface area contributed by atoms with Crippen LogP contribution in [-0.4, -0.2) is 31.5 Å². The number of carbonyl (C=O) groups excluding carboxylic acids is 1. The topological polar surface area (TPSA) is 90.2 Å². The summed E-state index contributed by atoms with van der Waals surface area (Å²) in [5.74, 6) is 1.49. The third kappa shape index (κ3) is 3.17. The van der Waals surface area contributed by atoms with Crippen molar-refractivity contribution in [2.75, 3.05) is 20.4 Å². The second-order valence-corrected chi connectivity index (χ2v) is 6.51. The molecule has 0 radical (unpaired) electrons. The van der Waals surface area contributed by atoms with E-state index in [9.17, 15) is 9.90 Å². The fraction of sp³-hybridized carbons (Fsp3) is 0.250. The van der Waals surface area contributed by atoms with Crippen molar-refractivity contribution in [2.45, 2.75) is 12.5 Å². The number of amides is 1. The Morgan fingerprint density at radius 3 is 2.85 bits per heavy atom. The van der Waals surface area contributed by atoms with Crippen LogP contribution in [0.3, 0.4) is 0 Å². The minimum absolute atomic E-state index is 0.000340. The summed E-state index contributed by atoms with van der Waals surface area (Å²) in [6.45, 7) is 1.78. The van der Waals surface area contributed by atoms with E-state index in [1.807, 2.05) is 12.1 Å². The first-order valence-electron chi connectivity index (χ1n) is 8.45. The highest BCUT2D eigenvalue weighted by Gasteiger charge is 2.27. The van der Waals surface area contributed by atoms with Crippen molar-refractivity contribution in [3.63, 3.8) is 0 Å². The van der Waals surface area contributed by atoms with Crippen LogP contribution < -0.4 is 19.5 Å². The number of benzene rings is 2. The van der Waals surface area contributed by atoms with E-state index in [2.05, 4.69) is 5.32 Å². The van der Waals surface area contributed by atoms with Gasteiger partial charge in [-0.1, -0.05) is 18.2 Å². The summed E-state index contributed by atoms with van der Waals surface area (Å²) in [6, 6.07) is 12.2. The van der Waals surface area contributed by atoms with Crippen LogP contribution in [0.1, 0.15) is 23.0 Å². The number of carbonyl (C=O) groups is 1. The van der Waals surface area contributed by atoms with E-state index in [0.717, 1.165) is 5.39 Å². The lowest BCUT2D eigenvalue weighted by atomic mass is 9.95. The Kier molecular flexibility index (Phi) is 4.16. The highest BCUT2D eigenvalue weighted by molar-refractivity contribution is 5.97. The van der Waals surface area contributed by atoms with Crippen molar-refractivity contribution in [2.24, 2.45) is 0 Å². The fourth-order valence-electron chi connectivity index (χ4n) is 2.98. The summed E-state index contributed by atoms with van der Waals surface area (Å²) >= 11 is 0. The Morgan fingerprint density at radius 1 is 1.22 bits per heavy atom. The maximum atomic E-state index is 12.5. The van der Waals surface area contributed by atoms with E-state index in [-0.39, 0.29) is 19.1 Å². The lowest BCUT2D eigenvalue weighted by molar-refractivity contribution is 0.0517. The molecule has 1 aliphatic heterocycles. The molecule has 3 aromatic rings. The van der Waals surface area contributed by atoms with Crippen molar-refractivity contribution in [3.05, 3.63) is 53.8 Å². The van der Waals surface area contributed by atoms with Crippen LogP contribution in [0.15, 0.2) is 46.9 Å². The molecule has 1 unspecified atom stereocenters. The quantitative estimate of drug-likeness (QED) is 0.719. The molecule has 1 aliphatic rings. The van der Waals surface area contributed by atoms with E-state index in [1.165, 1.54) is 0 Å². The number of hydrogen-bond donors (Lipinski definition) is 2. The minimum atomic E-state index is -1.29. The first kappa shape index (κ1) is 17.2. The van der Waals surface area contributed by atoms with Crippen molar-refractivity contribution in [1.82, 2.24) is 5.32 Å². The summed E-state index contributed by atoms with van der Waals surface area (Å²) in [6.07, 6.45) is 0. The largest absolute Gasteiger partial charge is 0.493 e. The van der Waals surface area contributed by atoms with Gasteiger partial charge in [0, 0.05) is 5.39 Å². The molecule has 7 heteroatoms. The summed E-state index contributed by atoms with van der Waals surface area (Å²) in [5.41, 5.74) is -0.175. The highest BCUT2D eigenvalue weighted by atomic mass is 16.7. The van der Waals surface area contributed by atoms with Crippen LogP contribution in [-0.2, 0) is 5.60 Å². The van der Waals surface area contributed by atoms with Crippen molar-refractivity contribution in [3.8, 4) is 17.2 Å². The number of fused-ring (bicyclic) bond motifs is 2. The first-order chi connectivity index (χ1) is 13.0. The number of hydrogen-bond acceptors (Lipinski definition) is 6. The molecular weight excluding hydrogens is 350 g/mol. The van der Waals surface area contributed by atoms with Gasteiger partial charge in [-0.25, -0.2) is 0 Å². The molecule has 0 fully saturated rings. The molecule has 0 aliphatic carbocycles. The molecular formula is C20H19NO6. The van der Waals surface area contributed by atoms with Gasteiger partial charge in [0.25, 0.3) is 5.91 Å². The molecule has 2 heterocycles. The first-order valence-corrected chi connectivity index (χ1v) is 8.45. The van der Waals surface area contributed by atoms with Crippen LogP contribution >= 0.6 is 0 Å². The third-order valence-electron chi connectivity index (χ3n) is 4.54. The number of aliphatic hydroxyl groups is 1. The maximum absolute atomic E-state index is 12.5. The summed E-state index contributed by atoms with van der Waals surface area (Å²) in [4.78, 5) is 12.5. The van der Waals surface area contributed by atoms with Crippen molar-refractivity contribution in [1.29, 1.82) is 0 Å². The summed E-state index contributed by atoms with van der Waals surface area (Å²) < 4.78 is 21.5. The van der Waals surface area contributed by atoms with Gasteiger partial charge >= 0.3 is 0 Å². The molecule has 4 rings (SSSR count). The number of ether oxygens (including phenoxy) is 3. The minimum Gasteiger partial charge on any atom is -0.493 e. The van der Waals surface area contributed by atoms with Gasteiger partial charge in [0.05, 0.1) is 13.7 Å². The molecule has 1 aromatic heterocycles. The predicted octanol–water partition coefficient (Wildman–Crippen LogP) is 2.81. The molecule has 1 amide bonds. The van der Waals surface area contributed by atoms with Crippen LogP contribution in [0.4, 0.5) is 0 Å². The van der Waals surface area contributed by atoms with Crippen LogP contribution in [0.5, 0.6) is 17.2 Å². The smallest absolute Gasteiger partial charge is 0.287 e. The zero-order valence-corrected chi connectivity index (χ0v) is 14.9. The SMILES string of the molecule is COc1cccc2cc(C(=O)NCC(C)(O)c3ccc4c(c3)OCO4)oc12. The molecule has 0 bridgehead atoms. The molecule has 2 N–H and O–H groups in total. The number of furan rings is 1. The van der Waals surface area contributed by atoms with Gasteiger partial charge < -0.3 is 29.1 Å². The zero-order valence-electron chi connectivity index (χ0n) is 14.9. The maximum Gasteiger partial charge on any atom is 0.287 e. The molecule has 7 nitrogen and oxygen atoms in total. The number of rotatable bonds is 5. The van der Waals surface area contributed by atoms with Gasteiger partial charge in [-0.05, 0) is 36.8 Å². The van der Waals surface area contributed by atoms with Crippen LogP contribution in [0.25, 0.3) is 11.0 Å². The van der Waals surface area contributed by atoms with Crippen LogP contribution in [0, 0.1) is 0 Å². The summed E-state index contributed by atoms with van der Waals surface area (Å²) in [7, 11) is 1.54. The standard InChI is InChI=1S/C20H19NO6/c1-20(23,13-6-7-14-16(9-13)26-11-25-14)10-21-19(22)17-8-12-4-3-5-15(24-2)18(12)27-17/h3-9,23H,10-11H2,1-2H3,(H,21,22). The molecule has 2 aromatic carbocycles. The highest BCUT2D eigenvalue weighted by Crippen LogP contribution is 2.35. The van der Waals surface area contributed by atoms with Gasteiger partial charge in [-0.15, -0.1) is 0 Å². The average molecular weight is 369 g/mol. The summed E-state index contributed by atoms with van der Waals surface area (Å²) in [5, 5.41) is 14.2. The van der Waals surface area contributed by atoms with E-state index in [1.54, 1.807) is 44.4 Å². The van der Waals surface area contributed by atoms with Crippen molar-refractivity contribution < 1.29 is 28.5 Å². The normalized spacial score (nSPS) is 14.8. The lowest BCUT2D eigenvalue weighted by Gasteiger charge is -2.24. The van der Waals surface area contributed by atoms with Gasteiger partial charge in [-0.2, -0.15) is 0 Å². The third-order valence-corrected chi connectivity index (χ3v) is 4.54. The second-order valence-electron chi connectivity index (χ2n) is 6.51. The Balaban J connectivity index is 1.50. The second kappa shape index (κ2) is 6.51. The predicted molar refractivity (Wildman–Crippen MR) is 97.2 cm³/mol. The molecule has 0 saturated heterocycles. The van der Waals surface area contributed by atoms with E-state index >= 15 is 0 Å². The van der Waals surface area contributed by atoms with Gasteiger partial charge in [-0.3, -0.25) is 4.79 Å². The Labute approximate surface area is 155 Å². The lowest BCUT2D eigenvalue weighted by Crippen LogP contribution is -2.38. The fourth-order valence-corrected chi connectivity index (χ4v) is 2.98. The van der Waals surface area contributed by atoms with E-state index in [0.29, 0.717) is 28.4 Å². The number of para-hydroxylation sites is 1. The van der Waals surface area contributed by atoms with E-state index < -0.39 is 11.5 Å². The Morgan fingerprint density at radius 2 is 2.04 bits per heavy atom. The van der Waals surface area contributed by atoms with Crippen LogP contribution in [0.2, 0.25) is 0 Å². The molecule has 1 atom stereocenters. The van der Waals surface area contributed by atoms with Gasteiger partial charge in [0.1, 0.15) is 5.60 Å². The zero-order chi connectivity index (χ0) is 19.0. The molecule has 0 saturated carbocycles. The van der Waals surface area contributed by atoms with Crippen molar-refractivity contribution >= 4 is 16.9 Å². The Bertz CT molecular complexity index is 1010. The average Bonchev–Trinajstić information content (AvgIpc) is 3.31. The monoisotopic (exact) mass is 369 g/mol. The molecule has 0 spiro atoms. The number of methoxy groups -OCH3 is 1. The molecule has 27 heavy (non-hydrogen) atoms. The number of nitrogens with one attached hydrogen (secondary N) is 1. The molecule has 140 valence electrons.